The first-order chi connectivity index (χ1) is 6.65. The first-order valence-electron chi connectivity index (χ1n) is 4.32. The van der Waals surface area contributed by atoms with Crippen LogP contribution >= 0.6 is 11.3 Å². The number of nitrogens with two attached hydrogens (primary N) is 1. The summed E-state index contributed by atoms with van der Waals surface area (Å²) in [5, 5.41) is 0. The van der Waals surface area contributed by atoms with Crippen LogP contribution in [-0.2, 0) is 0 Å². The Morgan fingerprint density at radius 1 is 1.64 bits per heavy atom. The predicted octanol–water partition coefficient (Wildman–Crippen LogP) is 1.15. The summed E-state index contributed by atoms with van der Waals surface area (Å²) in [6.45, 7) is 4.03. The van der Waals surface area contributed by atoms with Crippen molar-refractivity contribution in [3.05, 3.63) is 22.5 Å². The lowest BCUT2D eigenvalue weighted by Gasteiger charge is -1.97. The maximum absolute atomic E-state index is 11.5. The second kappa shape index (κ2) is 3.18. The molecular weight excluding hydrogens is 198 g/mol. The average molecular weight is 209 g/mol. The number of nitrogens with zero attached hydrogens (tertiary/aromatic N) is 2. The van der Waals surface area contributed by atoms with Gasteiger partial charge in [0.05, 0.1) is 12.7 Å². The standard InChI is InChI=1S/C9H11N3OS/c1-5-6(2)14-9-11-4-7(12(5)9)8(13)3-10/h4H,3,10H2,1-2H3. The van der Waals surface area contributed by atoms with Crippen LogP contribution in [0.5, 0.6) is 0 Å². The summed E-state index contributed by atoms with van der Waals surface area (Å²) in [6.07, 6.45) is 1.59. The Labute approximate surface area is 85.4 Å². The number of Topliss-reactive ketones (excluding diaryl/α,β-unsaturated/α-hetero) is 1. The Balaban J connectivity index is 2.72. The Morgan fingerprint density at radius 3 is 3.00 bits per heavy atom. The molecule has 2 rings (SSSR count). The third-order valence-corrected chi connectivity index (χ3v) is 3.36. The fourth-order valence-electron chi connectivity index (χ4n) is 1.40. The van der Waals surface area contributed by atoms with Crippen molar-refractivity contribution >= 4 is 22.1 Å². The van der Waals surface area contributed by atoms with Crippen LogP contribution in [-0.4, -0.2) is 21.7 Å². The van der Waals surface area contributed by atoms with Crippen molar-refractivity contribution in [1.29, 1.82) is 0 Å². The Morgan fingerprint density at radius 2 is 2.36 bits per heavy atom. The lowest BCUT2D eigenvalue weighted by molar-refractivity contribution is 0.0995. The van der Waals surface area contributed by atoms with Crippen LogP contribution in [0.15, 0.2) is 6.20 Å². The molecule has 0 aliphatic heterocycles. The summed E-state index contributed by atoms with van der Waals surface area (Å²) in [4.78, 5) is 17.7. The lowest BCUT2D eigenvalue weighted by Crippen LogP contribution is -2.15. The molecule has 0 spiro atoms. The predicted molar refractivity (Wildman–Crippen MR) is 55.9 cm³/mol. The van der Waals surface area contributed by atoms with Crippen molar-refractivity contribution in [1.82, 2.24) is 9.38 Å². The molecule has 0 aliphatic rings. The van der Waals surface area contributed by atoms with Gasteiger partial charge in [-0.2, -0.15) is 0 Å². The average Bonchev–Trinajstić information content (AvgIpc) is 2.68. The summed E-state index contributed by atoms with van der Waals surface area (Å²) in [7, 11) is 0. The van der Waals surface area contributed by atoms with Gasteiger partial charge in [0.25, 0.3) is 0 Å². The van der Waals surface area contributed by atoms with Crippen LogP contribution in [0.2, 0.25) is 0 Å². The molecular formula is C9H11N3OS. The summed E-state index contributed by atoms with van der Waals surface area (Å²) in [5.74, 6) is -0.0709. The molecule has 0 saturated heterocycles. The molecule has 0 atom stereocenters. The highest BCUT2D eigenvalue weighted by atomic mass is 32.1. The summed E-state index contributed by atoms with van der Waals surface area (Å²) in [5.41, 5.74) is 6.98. The molecule has 74 valence electrons. The molecule has 2 aromatic rings. The van der Waals surface area contributed by atoms with Gasteiger partial charge in [-0.15, -0.1) is 11.3 Å². The second-order valence-electron chi connectivity index (χ2n) is 3.13. The molecule has 0 unspecified atom stereocenters. The normalized spacial score (nSPS) is 11.1. The van der Waals surface area contributed by atoms with Crippen LogP contribution in [0.3, 0.4) is 0 Å². The molecule has 14 heavy (non-hydrogen) atoms. The number of fused-ring (bicyclic) bond motifs is 1. The molecule has 4 nitrogen and oxygen atoms in total. The minimum Gasteiger partial charge on any atom is -0.324 e. The zero-order valence-electron chi connectivity index (χ0n) is 8.07. The Kier molecular flexibility index (Phi) is 2.13. The number of ketones is 1. The summed E-state index contributed by atoms with van der Waals surface area (Å²) in [6, 6.07) is 0. The highest BCUT2D eigenvalue weighted by Gasteiger charge is 2.14. The van der Waals surface area contributed by atoms with Crippen molar-refractivity contribution in [2.75, 3.05) is 6.54 Å². The van der Waals surface area contributed by atoms with E-state index >= 15 is 0 Å². The smallest absolute Gasteiger partial charge is 0.194 e. The summed E-state index contributed by atoms with van der Waals surface area (Å²) >= 11 is 1.59. The number of carbonyl (C=O) groups excluding carboxylic acids is 1. The minimum atomic E-state index is -0.0709. The number of hydrogen-bond donors (Lipinski definition) is 1. The first kappa shape index (κ1) is 9.36. The maximum Gasteiger partial charge on any atom is 0.194 e. The number of carbonyl (C=O) groups is 1. The van der Waals surface area contributed by atoms with Crippen LogP contribution in [0.4, 0.5) is 0 Å². The van der Waals surface area contributed by atoms with E-state index in [-0.39, 0.29) is 12.3 Å². The summed E-state index contributed by atoms with van der Waals surface area (Å²) < 4.78 is 1.87. The van der Waals surface area contributed by atoms with Crippen molar-refractivity contribution in [2.45, 2.75) is 13.8 Å². The molecule has 0 aromatic carbocycles. The molecule has 0 amide bonds. The first-order valence-corrected chi connectivity index (χ1v) is 5.13. The van der Waals surface area contributed by atoms with Gasteiger partial charge in [-0.3, -0.25) is 9.20 Å². The SMILES string of the molecule is Cc1sc2ncc(C(=O)CN)n2c1C. The van der Waals surface area contributed by atoms with E-state index in [0.29, 0.717) is 5.69 Å². The van der Waals surface area contributed by atoms with Gasteiger partial charge in [-0.1, -0.05) is 0 Å². The third kappa shape index (κ3) is 1.17. The van der Waals surface area contributed by atoms with E-state index in [9.17, 15) is 4.79 Å². The van der Waals surface area contributed by atoms with E-state index in [1.165, 1.54) is 4.88 Å². The molecule has 0 bridgehead atoms. The van der Waals surface area contributed by atoms with Gasteiger partial charge < -0.3 is 5.73 Å². The number of rotatable bonds is 2. The quantitative estimate of drug-likeness (QED) is 0.755. The highest BCUT2D eigenvalue weighted by Crippen LogP contribution is 2.22. The zero-order valence-corrected chi connectivity index (χ0v) is 8.89. The molecule has 2 heterocycles. The lowest BCUT2D eigenvalue weighted by atomic mass is 10.3. The van der Waals surface area contributed by atoms with E-state index in [4.69, 9.17) is 5.73 Å². The maximum atomic E-state index is 11.5. The van der Waals surface area contributed by atoms with E-state index in [0.717, 1.165) is 10.7 Å². The van der Waals surface area contributed by atoms with Crippen molar-refractivity contribution in [3.8, 4) is 0 Å². The highest BCUT2D eigenvalue weighted by molar-refractivity contribution is 7.17. The van der Waals surface area contributed by atoms with Crippen LogP contribution in [0.25, 0.3) is 4.96 Å². The molecule has 0 radical (unpaired) electrons. The second-order valence-corrected chi connectivity index (χ2v) is 4.31. The fraction of sp³-hybridized carbons (Fsp3) is 0.333. The fourth-order valence-corrected chi connectivity index (χ4v) is 2.35. The molecule has 0 fully saturated rings. The minimum absolute atomic E-state index is 0.0299. The topological polar surface area (TPSA) is 60.4 Å². The number of imidazole rings is 1. The number of aryl methyl sites for hydroxylation is 2. The molecule has 2 N–H and O–H groups in total. The van der Waals surface area contributed by atoms with Gasteiger partial charge in [-0.05, 0) is 13.8 Å². The van der Waals surface area contributed by atoms with Gasteiger partial charge in [0.15, 0.2) is 10.7 Å². The van der Waals surface area contributed by atoms with E-state index in [2.05, 4.69) is 4.98 Å². The van der Waals surface area contributed by atoms with Crippen molar-refractivity contribution in [3.63, 3.8) is 0 Å². The molecule has 0 aliphatic carbocycles. The monoisotopic (exact) mass is 209 g/mol. The molecule has 5 heteroatoms. The Hall–Kier alpha value is -1.20. The van der Waals surface area contributed by atoms with Crippen LogP contribution in [0.1, 0.15) is 21.1 Å². The van der Waals surface area contributed by atoms with E-state index in [1.54, 1.807) is 17.5 Å². The zero-order chi connectivity index (χ0) is 10.3. The van der Waals surface area contributed by atoms with Crippen LogP contribution in [0, 0.1) is 13.8 Å². The van der Waals surface area contributed by atoms with Crippen LogP contribution < -0.4 is 5.73 Å². The Bertz CT molecular complexity index is 497. The van der Waals surface area contributed by atoms with E-state index in [1.807, 2.05) is 18.2 Å². The van der Waals surface area contributed by atoms with Crippen molar-refractivity contribution < 1.29 is 4.79 Å². The number of hydrogen-bond acceptors (Lipinski definition) is 4. The number of aromatic nitrogens is 2. The third-order valence-electron chi connectivity index (χ3n) is 2.29. The van der Waals surface area contributed by atoms with Gasteiger partial charge in [0, 0.05) is 10.6 Å². The molecule has 2 aromatic heterocycles. The van der Waals surface area contributed by atoms with Gasteiger partial charge in [0.1, 0.15) is 5.69 Å². The van der Waals surface area contributed by atoms with E-state index < -0.39 is 0 Å². The van der Waals surface area contributed by atoms with Gasteiger partial charge in [0.2, 0.25) is 0 Å². The molecule has 0 saturated carbocycles. The number of thiazole rings is 1. The van der Waals surface area contributed by atoms with Gasteiger partial charge >= 0.3 is 0 Å². The largest absolute Gasteiger partial charge is 0.324 e. The van der Waals surface area contributed by atoms with Crippen molar-refractivity contribution in [2.24, 2.45) is 5.73 Å². The van der Waals surface area contributed by atoms with Gasteiger partial charge in [-0.25, -0.2) is 4.98 Å².